The summed E-state index contributed by atoms with van der Waals surface area (Å²) in [6, 6.07) is -0.709. The van der Waals surface area contributed by atoms with E-state index in [9.17, 15) is 14.7 Å². The SMILES string of the molecule is CC(C)C1SCC(C(=O)O)N1C(=O)[C@H]1CCCO1. The lowest BCUT2D eigenvalue weighted by Gasteiger charge is -2.31. The van der Waals surface area contributed by atoms with E-state index in [0.29, 0.717) is 18.8 Å². The molecule has 2 heterocycles. The van der Waals surface area contributed by atoms with Crippen LogP contribution in [0, 0.1) is 5.92 Å². The van der Waals surface area contributed by atoms with Gasteiger partial charge in [0.25, 0.3) is 5.91 Å². The third-order valence-electron chi connectivity index (χ3n) is 3.35. The maximum Gasteiger partial charge on any atom is 0.327 e. The predicted octanol–water partition coefficient (Wildman–Crippen LogP) is 1.18. The zero-order chi connectivity index (χ0) is 13.3. The lowest BCUT2D eigenvalue weighted by atomic mass is 10.1. The first-order chi connectivity index (χ1) is 8.52. The summed E-state index contributed by atoms with van der Waals surface area (Å²) in [5.41, 5.74) is 0. The number of carboxylic acids is 1. The summed E-state index contributed by atoms with van der Waals surface area (Å²) < 4.78 is 5.39. The monoisotopic (exact) mass is 273 g/mol. The van der Waals surface area contributed by atoms with E-state index in [1.165, 1.54) is 4.90 Å². The number of carbonyl (C=O) groups excluding carboxylic acids is 1. The van der Waals surface area contributed by atoms with Gasteiger partial charge in [0.2, 0.25) is 0 Å². The highest BCUT2D eigenvalue weighted by Crippen LogP contribution is 2.35. The van der Waals surface area contributed by atoms with Gasteiger partial charge < -0.3 is 14.7 Å². The van der Waals surface area contributed by atoms with Crippen molar-refractivity contribution in [3.8, 4) is 0 Å². The summed E-state index contributed by atoms with van der Waals surface area (Å²) in [4.78, 5) is 25.2. The summed E-state index contributed by atoms with van der Waals surface area (Å²) in [6.07, 6.45) is 1.14. The second kappa shape index (κ2) is 5.48. The van der Waals surface area contributed by atoms with Gasteiger partial charge in [-0.15, -0.1) is 11.8 Å². The Bertz CT molecular complexity index is 341. The van der Waals surface area contributed by atoms with Crippen LogP contribution in [0.2, 0.25) is 0 Å². The number of carboxylic acid groups (broad SMARTS) is 1. The van der Waals surface area contributed by atoms with E-state index < -0.39 is 18.1 Å². The number of rotatable bonds is 3. The molecule has 18 heavy (non-hydrogen) atoms. The summed E-state index contributed by atoms with van der Waals surface area (Å²) in [5.74, 6) is -0.360. The van der Waals surface area contributed by atoms with Gasteiger partial charge in [-0.2, -0.15) is 0 Å². The van der Waals surface area contributed by atoms with Crippen molar-refractivity contribution in [1.82, 2.24) is 4.90 Å². The predicted molar refractivity (Wildman–Crippen MR) is 68.3 cm³/mol. The van der Waals surface area contributed by atoms with Crippen LogP contribution < -0.4 is 0 Å². The van der Waals surface area contributed by atoms with Gasteiger partial charge in [0, 0.05) is 12.4 Å². The van der Waals surface area contributed by atoms with Gasteiger partial charge in [-0.25, -0.2) is 4.79 Å². The molecule has 2 fully saturated rings. The number of aliphatic carboxylic acids is 1. The van der Waals surface area contributed by atoms with Crippen molar-refractivity contribution in [2.24, 2.45) is 5.92 Å². The van der Waals surface area contributed by atoms with Crippen molar-refractivity contribution < 1.29 is 19.4 Å². The summed E-state index contributed by atoms with van der Waals surface area (Å²) in [5, 5.41) is 9.17. The maximum atomic E-state index is 12.4. The fourth-order valence-corrected chi connectivity index (χ4v) is 3.93. The molecule has 102 valence electrons. The van der Waals surface area contributed by atoms with Crippen LogP contribution in [-0.4, -0.2) is 51.8 Å². The highest BCUT2D eigenvalue weighted by Gasteiger charge is 2.45. The van der Waals surface area contributed by atoms with Crippen LogP contribution in [0.25, 0.3) is 0 Å². The second-order valence-electron chi connectivity index (χ2n) is 5.07. The number of hydrogen-bond donors (Lipinski definition) is 1. The van der Waals surface area contributed by atoms with E-state index in [-0.39, 0.29) is 17.2 Å². The third kappa shape index (κ3) is 2.49. The molecule has 1 amide bonds. The fourth-order valence-electron chi connectivity index (χ4n) is 2.45. The number of thioether (sulfide) groups is 1. The average Bonchev–Trinajstić information content (AvgIpc) is 2.97. The minimum Gasteiger partial charge on any atom is -0.480 e. The zero-order valence-corrected chi connectivity index (χ0v) is 11.5. The molecule has 2 unspecified atom stereocenters. The van der Waals surface area contributed by atoms with Crippen LogP contribution in [-0.2, 0) is 14.3 Å². The molecule has 1 N–H and O–H groups in total. The van der Waals surface area contributed by atoms with E-state index in [1.54, 1.807) is 11.8 Å². The van der Waals surface area contributed by atoms with E-state index in [1.807, 2.05) is 13.8 Å². The van der Waals surface area contributed by atoms with Crippen molar-refractivity contribution in [3.05, 3.63) is 0 Å². The molecule has 0 radical (unpaired) electrons. The summed E-state index contributed by atoms with van der Waals surface area (Å²) >= 11 is 1.55. The van der Waals surface area contributed by atoms with Gasteiger partial charge in [-0.05, 0) is 18.8 Å². The van der Waals surface area contributed by atoms with Crippen molar-refractivity contribution in [1.29, 1.82) is 0 Å². The molecule has 2 aliphatic heterocycles. The largest absolute Gasteiger partial charge is 0.480 e. The van der Waals surface area contributed by atoms with Crippen LogP contribution in [0.15, 0.2) is 0 Å². The Morgan fingerprint density at radius 3 is 2.67 bits per heavy atom. The lowest BCUT2D eigenvalue weighted by molar-refractivity contribution is -0.154. The van der Waals surface area contributed by atoms with Crippen LogP contribution in [0.1, 0.15) is 26.7 Å². The molecule has 0 spiro atoms. The van der Waals surface area contributed by atoms with Crippen LogP contribution in [0.4, 0.5) is 0 Å². The van der Waals surface area contributed by atoms with Crippen LogP contribution in [0.3, 0.4) is 0 Å². The van der Waals surface area contributed by atoms with E-state index in [4.69, 9.17) is 4.74 Å². The van der Waals surface area contributed by atoms with Crippen molar-refractivity contribution in [2.75, 3.05) is 12.4 Å². The molecule has 5 nitrogen and oxygen atoms in total. The normalized spacial score (nSPS) is 32.2. The molecule has 2 saturated heterocycles. The van der Waals surface area contributed by atoms with Crippen molar-refractivity contribution in [3.63, 3.8) is 0 Å². The quantitative estimate of drug-likeness (QED) is 0.836. The second-order valence-corrected chi connectivity index (χ2v) is 6.22. The molecule has 0 aromatic rings. The molecule has 6 heteroatoms. The van der Waals surface area contributed by atoms with Gasteiger partial charge in [0.1, 0.15) is 12.1 Å². The number of carbonyl (C=O) groups is 2. The molecular weight excluding hydrogens is 254 g/mol. The Kier molecular flexibility index (Phi) is 4.17. The number of amides is 1. The molecule has 3 atom stereocenters. The molecule has 0 saturated carbocycles. The highest BCUT2D eigenvalue weighted by atomic mass is 32.2. The molecule has 0 aromatic heterocycles. The molecule has 0 bridgehead atoms. The molecule has 2 aliphatic rings. The van der Waals surface area contributed by atoms with E-state index >= 15 is 0 Å². The summed E-state index contributed by atoms with van der Waals surface area (Å²) in [6.45, 7) is 4.62. The van der Waals surface area contributed by atoms with Crippen LogP contribution >= 0.6 is 11.8 Å². The van der Waals surface area contributed by atoms with Gasteiger partial charge in [0.05, 0.1) is 5.37 Å². The maximum absolute atomic E-state index is 12.4. The fraction of sp³-hybridized carbons (Fsp3) is 0.833. The van der Waals surface area contributed by atoms with Crippen LogP contribution in [0.5, 0.6) is 0 Å². The Labute approximate surface area is 111 Å². The van der Waals surface area contributed by atoms with Gasteiger partial charge in [0.15, 0.2) is 0 Å². The Morgan fingerprint density at radius 2 is 2.17 bits per heavy atom. The lowest BCUT2D eigenvalue weighted by Crippen LogP contribution is -2.50. The molecule has 0 aromatic carbocycles. The highest BCUT2D eigenvalue weighted by molar-refractivity contribution is 8.00. The minimum absolute atomic E-state index is 0.0530. The molecule has 0 aliphatic carbocycles. The van der Waals surface area contributed by atoms with Crippen molar-refractivity contribution >= 4 is 23.6 Å². The molecule has 2 rings (SSSR count). The number of ether oxygens (including phenoxy) is 1. The standard InChI is InChI=1S/C12H19NO4S/c1-7(2)11-13(8(6-18-11)12(15)16)10(14)9-4-3-5-17-9/h7-9,11H,3-6H2,1-2H3,(H,15,16)/t8?,9-,11?/m1/s1. The first-order valence-electron chi connectivity index (χ1n) is 6.30. The minimum atomic E-state index is -0.919. The van der Waals surface area contributed by atoms with Gasteiger partial charge in [-0.1, -0.05) is 13.8 Å². The first-order valence-corrected chi connectivity index (χ1v) is 7.35. The first kappa shape index (κ1) is 13.7. The van der Waals surface area contributed by atoms with Gasteiger partial charge >= 0.3 is 5.97 Å². The van der Waals surface area contributed by atoms with E-state index in [2.05, 4.69) is 0 Å². The average molecular weight is 273 g/mol. The third-order valence-corrected chi connectivity index (χ3v) is 4.97. The summed E-state index contributed by atoms with van der Waals surface area (Å²) in [7, 11) is 0. The zero-order valence-electron chi connectivity index (χ0n) is 10.7. The Balaban J connectivity index is 2.17. The van der Waals surface area contributed by atoms with Crippen molar-refractivity contribution in [2.45, 2.75) is 44.2 Å². The topological polar surface area (TPSA) is 66.8 Å². The number of hydrogen-bond acceptors (Lipinski definition) is 4. The van der Waals surface area contributed by atoms with E-state index in [0.717, 1.165) is 6.42 Å². The smallest absolute Gasteiger partial charge is 0.327 e. The molecular formula is C12H19NO4S. The van der Waals surface area contributed by atoms with Gasteiger partial charge in [-0.3, -0.25) is 4.79 Å². The Morgan fingerprint density at radius 1 is 1.44 bits per heavy atom. The number of nitrogens with zero attached hydrogens (tertiary/aromatic N) is 1. The Hall–Kier alpha value is -0.750.